The fourth-order valence-corrected chi connectivity index (χ4v) is 6.82. The molecule has 330 valence electrons. The van der Waals surface area contributed by atoms with Gasteiger partial charge in [0.15, 0.2) is 5.76 Å². The van der Waals surface area contributed by atoms with Crippen molar-refractivity contribution in [3.63, 3.8) is 0 Å². The molecule has 1 aromatic heterocycles. The van der Waals surface area contributed by atoms with Crippen LogP contribution >= 0.6 is 0 Å². The molecule has 2 aromatic carbocycles. The van der Waals surface area contributed by atoms with E-state index in [0.717, 1.165) is 97.4 Å². The van der Waals surface area contributed by atoms with Gasteiger partial charge in [-0.3, -0.25) is 4.79 Å². The van der Waals surface area contributed by atoms with Crippen LogP contribution in [0.4, 0.5) is 0 Å². The highest BCUT2D eigenvalue weighted by Gasteiger charge is 2.31. The highest BCUT2D eigenvalue weighted by Crippen LogP contribution is 2.46. The maximum atomic E-state index is 15.6. The van der Waals surface area contributed by atoms with Gasteiger partial charge in [-0.2, -0.15) is 0 Å². The topological polar surface area (TPSA) is 67.1 Å². The van der Waals surface area contributed by atoms with Crippen molar-refractivity contribution in [2.24, 2.45) is 0 Å². The molecule has 1 heterocycles. The van der Waals surface area contributed by atoms with Crippen molar-refractivity contribution in [1.29, 1.82) is 0 Å². The zero-order valence-electron chi connectivity index (χ0n) is 39.1. The molecule has 3 rings (SSSR count). The molecule has 0 aliphatic rings. The van der Waals surface area contributed by atoms with Crippen LogP contribution < -0.4 is 24.4 Å². The molecule has 0 saturated carbocycles. The van der Waals surface area contributed by atoms with Crippen LogP contribution in [0, 0.1) is 0 Å². The normalized spacial score (nSPS) is 11.0. The molecule has 0 fully saturated rings. The second-order valence-corrected chi connectivity index (χ2v) is 17.5. The van der Waals surface area contributed by atoms with Gasteiger partial charge in [0.1, 0.15) is 28.2 Å². The zero-order chi connectivity index (χ0) is 45.4. The average Bonchev–Trinajstić information content (AvgIpc) is 3.15. The van der Waals surface area contributed by atoms with Gasteiger partial charge in [-0.25, -0.2) is 0 Å². The van der Waals surface area contributed by atoms with E-state index in [1.807, 2.05) is 67.5 Å². The molecule has 3 aromatic rings. The lowest BCUT2D eigenvalue weighted by atomic mass is 9.89. The van der Waals surface area contributed by atoms with E-state index in [2.05, 4.69) is 52.6 Å². The number of benzene rings is 2. The Hall–Kier alpha value is -5.23. The lowest BCUT2D eigenvalue weighted by molar-refractivity contribution is 0.297. The van der Waals surface area contributed by atoms with E-state index in [1.165, 1.54) is 0 Å². The third-order valence-corrected chi connectivity index (χ3v) is 10.3. The lowest BCUT2D eigenvalue weighted by Crippen LogP contribution is -2.17. The highest BCUT2D eigenvalue weighted by molar-refractivity contribution is 5.93. The quantitative estimate of drug-likeness (QED) is 0.0649. The van der Waals surface area contributed by atoms with Gasteiger partial charge in [-0.15, -0.1) is 52.6 Å². The summed E-state index contributed by atoms with van der Waals surface area (Å²) in [7, 11) is 0. The summed E-state index contributed by atoms with van der Waals surface area (Å²) < 4.78 is 33.9. The van der Waals surface area contributed by atoms with Gasteiger partial charge in [-0.1, -0.05) is 44.6 Å². The molecular formula is C55H74O6. The number of fused-ring (bicyclic) bond motifs is 1. The highest BCUT2D eigenvalue weighted by atomic mass is 16.5. The molecule has 0 aliphatic carbocycles. The van der Waals surface area contributed by atoms with Gasteiger partial charge in [0.2, 0.25) is 11.2 Å². The van der Waals surface area contributed by atoms with E-state index in [4.69, 9.17) is 23.4 Å². The Morgan fingerprint density at radius 2 is 0.820 bits per heavy atom. The molecule has 0 N–H and O–H groups in total. The molecule has 0 amide bonds. The van der Waals surface area contributed by atoms with Crippen molar-refractivity contribution in [2.75, 3.05) is 26.4 Å². The summed E-state index contributed by atoms with van der Waals surface area (Å²) in [6.45, 7) is 50.8. The van der Waals surface area contributed by atoms with Crippen LogP contribution in [0.25, 0.3) is 22.3 Å². The first-order valence-corrected chi connectivity index (χ1v) is 21.8. The van der Waals surface area contributed by atoms with Gasteiger partial charge in [0.05, 0.1) is 26.4 Å². The van der Waals surface area contributed by atoms with Gasteiger partial charge in [0, 0.05) is 42.4 Å². The minimum atomic E-state index is -0.305. The summed E-state index contributed by atoms with van der Waals surface area (Å²) in [4.78, 5) is 15.6. The minimum Gasteiger partial charge on any atom is -0.493 e. The molecule has 0 atom stereocenters. The van der Waals surface area contributed by atoms with Crippen LogP contribution in [0.5, 0.6) is 23.0 Å². The summed E-state index contributed by atoms with van der Waals surface area (Å²) in [5, 5.41) is 0.335. The second-order valence-electron chi connectivity index (χ2n) is 17.5. The molecular weight excluding hydrogens is 757 g/mol. The SMILES string of the molecule is C=C(C)CCOc1ccc(-c2oc3c(CCC(=C)C)c(OCCC(=C)C)c(CCC(=C)C)c(OCCC(=C)C)c3c(=O)c2OCCC(=C)C)c(CCC(=C)C)c1CCC(=C)C. The second kappa shape index (κ2) is 24.3. The van der Waals surface area contributed by atoms with Crippen LogP contribution in [0.1, 0.15) is 129 Å². The van der Waals surface area contributed by atoms with Gasteiger partial charge >= 0.3 is 0 Å². The fraction of sp³-hybridized carbons (Fsp3) is 0.436. The third kappa shape index (κ3) is 15.3. The fourth-order valence-electron chi connectivity index (χ4n) is 6.82. The molecule has 0 spiro atoms. The lowest BCUT2D eigenvalue weighted by Gasteiger charge is -2.24. The number of aryl methyl sites for hydroxylation is 1. The van der Waals surface area contributed by atoms with Crippen molar-refractivity contribution >= 4 is 11.0 Å². The molecule has 0 radical (unpaired) electrons. The predicted molar refractivity (Wildman–Crippen MR) is 260 cm³/mol. The summed E-state index contributed by atoms with van der Waals surface area (Å²) in [5.74, 6) is 2.38. The molecule has 6 heteroatoms. The first kappa shape index (κ1) is 50.1. The molecule has 0 bridgehead atoms. The summed E-state index contributed by atoms with van der Waals surface area (Å²) >= 11 is 0. The van der Waals surface area contributed by atoms with Gasteiger partial charge < -0.3 is 23.4 Å². The van der Waals surface area contributed by atoms with Gasteiger partial charge in [-0.05, 0) is 130 Å². The monoisotopic (exact) mass is 831 g/mol. The van der Waals surface area contributed by atoms with Crippen molar-refractivity contribution < 1.29 is 23.4 Å². The molecule has 61 heavy (non-hydrogen) atoms. The maximum absolute atomic E-state index is 15.6. The van der Waals surface area contributed by atoms with E-state index >= 15 is 4.79 Å². The Labute approximate surface area is 368 Å². The zero-order valence-corrected chi connectivity index (χ0v) is 39.1. The van der Waals surface area contributed by atoms with E-state index in [9.17, 15) is 0 Å². The largest absolute Gasteiger partial charge is 0.493 e. The third-order valence-electron chi connectivity index (χ3n) is 10.3. The molecule has 0 saturated heterocycles. The van der Waals surface area contributed by atoms with Gasteiger partial charge in [0.25, 0.3) is 0 Å². The standard InChI is InChI=1S/C55H74O6/c1-35(2)17-21-43-44(22-18-36(3)4)48(57-31-27-39(9)10)26-25-45(43)54-55(60-34-30-42(15)16)50(56)49-52(59-33-29-41(13)14)46(23-19-37(5)6)51(58-32-28-40(11)12)47(53(49)61-54)24-20-38(7)8/h25-26H,1,3,5,7,9,11,13,15,17-24,27-34H2,2,4,6,8,10,12,14,16H3. The van der Waals surface area contributed by atoms with Crippen LogP contribution in [0.3, 0.4) is 0 Å². The van der Waals surface area contributed by atoms with Crippen molar-refractivity contribution in [3.05, 3.63) is 142 Å². The first-order valence-electron chi connectivity index (χ1n) is 21.8. The van der Waals surface area contributed by atoms with E-state index in [-0.39, 0.29) is 17.8 Å². The Kier molecular flexibility index (Phi) is 19.9. The number of hydrogen-bond donors (Lipinski definition) is 0. The van der Waals surface area contributed by atoms with Crippen LogP contribution in [0.2, 0.25) is 0 Å². The maximum Gasteiger partial charge on any atom is 0.239 e. The van der Waals surface area contributed by atoms with Crippen LogP contribution in [0.15, 0.2) is 119 Å². The van der Waals surface area contributed by atoms with Crippen molar-refractivity contribution in [2.45, 2.75) is 132 Å². The Morgan fingerprint density at radius 1 is 0.443 bits per heavy atom. The summed E-state index contributed by atoms with van der Waals surface area (Å²) in [5.41, 5.74) is 12.6. The van der Waals surface area contributed by atoms with E-state index in [0.29, 0.717) is 106 Å². The first-order chi connectivity index (χ1) is 28.8. The van der Waals surface area contributed by atoms with E-state index < -0.39 is 0 Å². The molecule has 0 unspecified atom stereocenters. The minimum absolute atomic E-state index is 0.129. The average molecular weight is 831 g/mol. The number of allylic oxidation sites excluding steroid dienone is 4. The Morgan fingerprint density at radius 3 is 1.28 bits per heavy atom. The van der Waals surface area contributed by atoms with Crippen molar-refractivity contribution in [3.8, 4) is 34.3 Å². The number of ether oxygens (including phenoxy) is 4. The van der Waals surface area contributed by atoms with E-state index in [1.54, 1.807) is 0 Å². The number of rotatable bonds is 29. The van der Waals surface area contributed by atoms with Crippen LogP contribution in [-0.4, -0.2) is 26.4 Å². The van der Waals surface area contributed by atoms with Crippen LogP contribution in [-0.2, 0) is 25.7 Å². The Balaban J connectivity index is 2.69. The van der Waals surface area contributed by atoms with Crippen molar-refractivity contribution in [1.82, 2.24) is 0 Å². The summed E-state index contributed by atoms with van der Waals surface area (Å²) in [6.07, 6.45) is 7.79. The smallest absolute Gasteiger partial charge is 0.239 e. The molecule has 6 nitrogen and oxygen atoms in total. The Bertz CT molecular complexity index is 2210. The summed E-state index contributed by atoms with van der Waals surface area (Å²) in [6, 6.07) is 4.00. The predicted octanol–water partition coefficient (Wildman–Crippen LogP) is 14.9. The molecule has 0 aliphatic heterocycles. The number of hydrogen-bond acceptors (Lipinski definition) is 6.